The van der Waals surface area contributed by atoms with Gasteiger partial charge in [0.2, 0.25) is 0 Å². The van der Waals surface area contributed by atoms with Crippen LogP contribution in [0.2, 0.25) is 0 Å². The van der Waals surface area contributed by atoms with E-state index in [4.69, 9.17) is 5.73 Å². The van der Waals surface area contributed by atoms with Gasteiger partial charge in [0, 0.05) is 13.1 Å². The first-order chi connectivity index (χ1) is 6.01. The monoisotopic (exact) mass is 200 g/mol. The molecule has 0 saturated heterocycles. The van der Waals surface area contributed by atoms with Crippen LogP contribution in [0, 0.1) is 10.8 Å². The first kappa shape index (κ1) is 13.3. The number of carbonyl (C=O) groups is 1. The van der Waals surface area contributed by atoms with Crippen LogP contribution in [0.3, 0.4) is 0 Å². The fourth-order valence-electron chi connectivity index (χ4n) is 1.36. The minimum atomic E-state index is -0.324. The first-order valence-electron chi connectivity index (χ1n) is 5.06. The van der Waals surface area contributed by atoms with Crippen LogP contribution in [0.5, 0.6) is 0 Å². The molecule has 84 valence electrons. The lowest BCUT2D eigenvalue weighted by Crippen LogP contribution is -2.45. The van der Waals surface area contributed by atoms with E-state index in [2.05, 4.69) is 41.5 Å². The Labute approximate surface area is 87.6 Å². The van der Waals surface area contributed by atoms with Crippen LogP contribution in [-0.4, -0.2) is 24.0 Å². The van der Waals surface area contributed by atoms with Gasteiger partial charge < -0.3 is 10.6 Å². The number of nitrogens with two attached hydrogens (primary N) is 1. The quantitative estimate of drug-likeness (QED) is 0.731. The Morgan fingerprint density at radius 1 is 1.00 bits per heavy atom. The van der Waals surface area contributed by atoms with E-state index in [1.165, 1.54) is 0 Å². The fraction of sp³-hybridized carbons (Fsp3) is 0.909. The van der Waals surface area contributed by atoms with E-state index >= 15 is 0 Å². The maximum Gasteiger partial charge on any atom is 0.314 e. The first-order valence-corrected chi connectivity index (χ1v) is 5.06. The third kappa shape index (κ3) is 6.75. The third-order valence-electron chi connectivity index (χ3n) is 1.64. The van der Waals surface area contributed by atoms with Crippen molar-refractivity contribution in [3.8, 4) is 0 Å². The van der Waals surface area contributed by atoms with E-state index in [9.17, 15) is 4.79 Å². The summed E-state index contributed by atoms with van der Waals surface area (Å²) in [4.78, 5) is 12.9. The van der Waals surface area contributed by atoms with E-state index in [0.717, 1.165) is 0 Å². The molecule has 0 saturated carbocycles. The molecule has 3 heteroatoms. The average Bonchev–Trinajstić information content (AvgIpc) is 1.78. The molecule has 0 aliphatic carbocycles. The number of nitrogens with zero attached hydrogens (tertiary/aromatic N) is 1. The second-order valence-electron chi connectivity index (χ2n) is 6.32. The van der Waals surface area contributed by atoms with Crippen LogP contribution < -0.4 is 5.73 Å². The number of hydrogen-bond acceptors (Lipinski definition) is 1. The zero-order valence-corrected chi connectivity index (χ0v) is 10.3. The molecule has 0 aromatic carbocycles. The number of amides is 2. The Balaban J connectivity index is 4.40. The predicted octanol–water partition coefficient (Wildman–Crippen LogP) is 2.46. The van der Waals surface area contributed by atoms with Gasteiger partial charge in [-0.25, -0.2) is 4.79 Å². The molecule has 0 aromatic heterocycles. The lowest BCUT2D eigenvalue weighted by atomic mass is 9.92. The predicted molar refractivity (Wildman–Crippen MR) is 60.1 cm³/mol. The number of primary amides is 1. The Hall–Kier alpha value is -0.730. The molecule has 0 aromatic rings. The molecular formula is C11H24N2O. The molecule has 0 heterocycles. The normalized spacial score (nSPS) is 12.7. The maximum absolute atomic E-state index is 11.2. The second-order valence-corrected chi connectivity index (χ2v) is 6.32. The number of carbonyl (C=O) groups excluding carboxylic acids is 1. The number of rotatable bonds is 2. The molecule has 0 aliphatic rings. The van der Waals surface area contributed by atoms with Gasteiger partial charge in [0.1, 0.15) is 0 Å². The Morgan fingerprint density at radius 2 is 1.29 bits per heavy atom. The Kier molecular flexibility index (Phi) is 3.98. The third-order valence-corrected chi connectivity index (χ3v) is 1.64. The molecule has 14 heavy (non-hydrogen) atoms. The summed E-state index contributed by atoms with van der Waals surface area (Å²) >= 11 is 0. The van der Waals surface area contributed by atoms with Gasteiger partial charge in [-0.3, -0.25) is 0 Å². The van der Waals surface area contributed by atoms with Crippen molar-refractivity contribution in [3.63, 3.8) is 0 Å². The van der Waals surface area contributed by atoms with Crippen molar-refractivity contribution in [1.29, 1.82) is 0 Å². The van der Waals surface area contributed by atoms with E-state index in [0.29, 0.717) is 13.1 Å². The van der Waals surface area contributed by atoms with Crippen LogP contribution in [0.1, 0.15) is 41.5 Å². The molecule has 0 spiro atoms. The molecule has 2 amide bonds. The van der Waals surface area contributed by atoms with Gasteiger partial charge in [0.05, 0.1) is 0 Å². The smallest absolute Gasteiger partial charge is 0.314 e. The van der Waals surface area contributed by atoms with E-state index < -0.39 is 0 Å². The largest absolute Gasteiger partial charge is 0.351 e. The van der Waals surface area contributed by atoms with Gasteiger partial charge in [-0.1, -0.05) is 41.5 Å². The van der Waals surface area contributed by atoms with Crippen LogP contribution >= 0.6 is 0 Å². The number of hydrogen-bond donors (Lipinski definition) is 1. The molecule has 3 nitrogen and oxygen atoms in total. The molecule has 0 bridgehead atoms. The van der Waals surface area contributed by atoms with Crippen molar-refractivity contribution in [3.05, 3.63) is 0 Å². The van der Waals surface area contributed by atoms with Crippen LogP contribution in [-0.2, 0) is 0 Å². The molecular weight excluding hydrogens is 176 g/mol. The zero-order chi connectivity index (χ0) is 11.6. The minimum Gasteiger partial charge on any atom is -0.351 e. The highest BCUT2D eigenvalue weighted by molar-refractivity contribution is 5.72. The van der Waals surface area contributed by atoms with Gasteiger partial charge in [-0.15, -0.1) is 0 Å². The summed E-state index contributed by atoms with van der Waals surface area (Å²) < 4.78 is 0. The number of urea groups is 1. The highest BCUT2D eigenvalue weighted by atomic mass is 16.2. The topological polar surface area (TPSA) is 46.3 Å². The summed E-state index contributed by atoms with van der Waals surface area (Å²) in [6, 6.07) is -0.324. The summed E-state index contributed by atoms with van der Waals surface area (Å²) in [6.45, 7) is 14.0. The van der Waals surface area contributed by atoms with Crippen molar-refractivity contribution in [2.45, 2.75) is 41.5 Å². The zero-order valence-electron chi connectivity index (χ0n) is 10.3. The lowest BCUT2D eigenvalue weighted by Gasteiger charge is -2.33. The van der Waals surface area contributed by atoms with Crippen LogP contribution in [0.4, 0.5) is 4.79 Å². The highest BCUT2D eigenvalue weighted by Gasteiger charge is 2.23. The minimum absolute atomic E-state index is 0.0975. The highest BCUT2D eigenvalue weighted by Crippen LogP contribution is 2.20. The van der Waals surface area contributed by atoms with Crippen molar-refractivity contribution >= 4 is 6.03 Å². The Morgan fingerprint density at radius 3 is 1.43 bits per heavy atom. The summed E-state index contributed by atoms with van der Waals surface area (Å²) in [5, 5.41) is 0. The molecule has 0 radical (unpaired) electrons. The lowest BCUT2D eigenvalue weighted by molar-refractivity contribution is 0.153. The molecule has 0 rings (SSSR count). The maximum atomic E-state index is 11.2. The van der Waals surface area contributed by atoms with Gasteiger partial charge in [-0.2, -0.15) is 0 Å². The summed E-state index contributed by atoms with van der Waals surface area (Å²) in [6.07, 6.45) is 0. The van der Waals surface area contributed by atoms with Crippen molar-refractivity contribution < 1.29 is 4.79 Å². The average molecular weight is 200 g/mol. The van der Waals surface area contributed by atoms with Crippen molar-refractivity contribution in [2.75, 3.05) is 13.1 Å². The van der Waals surface area contributed by atoms with Crippen LogP contribution in [0.15, 0.2) is 0 Å². The van der Waals surface area contributed by atoms with Crippen molar-refractivity contribution in [1.82, 2.24) is 4.90 Å². The van der Waals surface area contributed by atoms with Gasteiger partial charge in [0.15, 0.2) is 0 Å². The van der Waals surface area contributed by atoms with Gasteiger partial charge >= 0.3 is 6.03 Å². The fourth-order valence-corrected chi connectivity index (χ4v) is 1.36. The standard InChI is InChI=1S/C11H24N2O/c1-10(2,3)7-13(9(12)14)8-11(4,5)6/h7-8H2,1-6H3,(H2,12,14). The summed E-state index contributed by atoms with van der Waals surface area (Å²) in [5.41, 5.74) is 5.53. The second kappa shape index (κ2) is 4.20. The summed E-state index contributed by atoms with van der Waals surface area (Å²) in [5.74, 6) is 0. The van der Waals surface area contributed by atoms with Crippen molar-refractivity contribution in [2.24, 2.45) is 16.6 Å². The molecule has 0 fully saturated rings. The molecule has 0 aliphatic heterocycles. The Bertz CT molecular complexity index is 182. The van der Waals surface area contributed by atoms with E-state index in [1.807, 2.05) is 0 Å². The summed E-state index contributed by atoms with van der Waals surface area (Å²) in [7, 11) is 0. The van der Waals surface area contributed by atoms with E-state index in [-0.39, 0.29) is 16.9 Å². The van der Waals surface area contributed by atoms with Gasteiger partial charge in [-0.05, 0) is 10.8 Å². The SMILES string of the molecule is CC(C)(C)CN(CC(C)(C)C)C(N)=O. The van der Waals surface area contributed by atoms with E-state index in [1.54, 1.807) is 4.90 Å². The molecule has 0 atom stereocenters. The van der Waals surface area contributed by atoms with Crippen LogP contribution in [0.25, 0.3) is 0 Å². The molecule has 0 unspecified atom stereocenters. The molecule has 2 N–H and O–H groups in total. The van der Waals surface area contributed by atoms with Gasteiger partial charge in [0.25, 0.3) is 0 Å².